The summed E-state index contributed by atoms with van der Waals surface area (Å²) in [6.45, 7) is 0. The Hall–Kier alpha value is -1.23. The van der Waals surface area contributed by atoms with Crippen LogP contribution >= 0.6 is 15.9 Å². The van der Waals surface area contributed by atoms with Gasteiger partial charge in [-0.1, -0.05) is 12.8 Å². The molecule has 2 aliphatic rings. The second-order valence-electron chi connectivity index (χ2n) is 5.14. The molecular weight excluding hydrogens is 294 g/mol. The van der Waals surface area contributed by atoms with Crippen molar-refractivity contribution in [2.24, 2.45) is 5.41 Å². The van der Waals surface area contributed by atoms with Crippen LogP contribution in [0.5, 0.6) is 0 Å². The molecule has 1 aliphatic carbocycles. The number of fused-ring (bicyclic) bond motifs is 1. The van der Waals surface area contributed by atoms with Gasteiger partial charge in [-0.25, -0.2) is 10.7 Å². The summed E-state index contributed by atoms with van der Waals surface area (Å²) in [5, 5.41) is 12.4. The zero-order valence-corrected chi connectivity index (χ0v) is 11.5. The van der Waals surface area contributed by atoms with E-state index >= 15 is 0 Å². The Morgan fingerprint density at radius 1 is 1.39 bits per heavy atom. The predicted molar refractivity (Wildman–Crippen MR) is 73.5 cm³/mol. The minimum Gasteiger partial charge on any atom is -0.811 e. The minimum atomic E-state index is -0.359. The fourth-order valence-electron chi connectivity index (χ4n) is 2.83. The first kappa shape index (κ1) is 11.8. The van der Waals surface area contributed by atoms with Crippen molar-refractivity contribution in [3.05, 3.63) is 27.7 Å². The number of carbonyl (C=O) groups is 1. The zero-order chi connectivity index (χ0) is 12.8. The molecule has 4 nitrogen and oxygen atoms in total. The molecule has 18 heavy (non-hydrogen) atoms. The monoisotopic (exact) mass is 306 g/mol. The van der Waals surface area contributed by atoms with Crippen molar-refractivity contribution in [1.82, 2.24) is 4.98 Å². The van der Waals surface area contributed by atoms with E-state index in [-0.39, 0.29) is 11.3 Å². The van der Waals surface area contributed by atoms with Crippen molar-refractivity contribution in [2.75, 3.05) is 5.32 Å². The van der Waals surface area contributed by atoms with E-state index in [4.69, 9.17) is 0 Å². The van der Waals surface area contributed by atoms with Crippen molar-refractivity contribution in [2.45, 2.75) is 32.1 Å². The number of aromatic nitrogens is 1. The summed E-state index contributed by atoms with van der Waals surface area (Å²) in [6, 6.07) is 2.02. The lowest BCUT2D eigenvalue weighted by Gasteiger charge is -2.41. The molecule has 1 spiro atoms. The third kappa shape index (κ3) is 1.86. The number of rotatable bonds is 0. The highest BCUT2D eigenvalue weighted by Crippen LogP contribution is 2.43. The van der Waals surface area contributed by atoms with Crippen LogP contribution in [-0.4, -0.2) is 16.6 Å². The Bertz CT molecular complexity index is 531. The van der Waals surface area contributed by atoms with Gasteiger partial charge in [0.25, 0.3) is 0 Å². The van der Waals surface area contributed by atoms with Crippen molar-refractivity contribution < 1.29 is 4.79 Å². The molecule has 94 valence electrons. The number of halogens is 1. The van der Waals surface area contributed by atoms with Crippen LogP contribution in [0.3, 0.4) is 0 Å². The van der Waals surface area contributed by atoms with E-state index in [0.29, 0.717) is 30.8 Å². The summed E-state index contributed by atoms with van der Waals surface area (Å²) in [5.41, 5.74) is 1.23. The highest BCUT2D eigenvalue weighted by atomic mass is 79.9. The molecule has 1 aliphatic heterocycles. The predicted octanol–water partition coefficient (Wildman–Crippen LogP) is 2.91. The van der Waals surface area contributed by atoms with Gasteiger partial charge in [-0.3, -0.25) is 4.79 Å². The average Bonchev–Trinajstić information content (AvgIpc) is 2.35. The number of anilines is 1. The molecule has 2 heterocycles. The smallest absolute Gasteiger partial charge is 0.232 e. The molecule has 1 fully saturated rings. The maximum Gasteiger partial charge on any atom is 0.232 e. The minimum absolute atomic E-state index is 0.0531. The molecule has 1 aromatic rings. The Balaban J connectivity index is 1.95. The first-order chi connectivity index (χ1) is 8.59. The molecular formula is C13H13BrN3O-. The number of nitrogens with one attached hydrogen (secondary N) is 1. The van der Waals surface area contributed by atoms with Gasteiger partial charge in [0.15, 0.2) is 0 Å². The van der Waals surface area contributed by atoms with E-state index in [1.54, 1.807) is 6.20 Å². The van der Waals surface area contributed by atoms with E-state index in [1.807, 2.05) is 6.07 Å². The van der Waals surface area contributed by atoms with Gasteiger partial charge in [-0.15, -0.1) is 0 Å². The van der Waals surface area contributed by atoms with Gasteiger partial charge in [0.05, 0.1) is 5.41 Å². The standard InChI is InChI=1S/C13H13BrN3O/c14-9-5-8-6-13(3-1-10(15)2-4-13)12(18)17-11(8)16-7-9/h5,7H,1-4,6H2,(H,16,17,18)/q-1. The largest absolute Gasteiger partial charge is 0.811 e. The molecule has 0 atom stereocenters. The Morgan fingerprint density at radius 3 is 2.83 bits per heavy atom. The van der Waals surface area contributed by atoms with Crippen molar-refractivity contribution in [1.29, 1.82) is 0 Å². The maximum absolute atomic E-state index is 12.3. The lowest BCUT2D eigenvalue weighted by molar-refractivity contribution is -0.127. The van der Waals surface area contributed by atoms with E-state index < -0.39 is 0 Å². The van der Waals surface area contributed by atoms with Gasteiger partial charge < -0.3 is 10.7 Å². The lowest BCUT2D eigenvalue weighted by atomic mass is 9.68. The molecule has 3 rings (SSSR count). The maximum atomic E-state index is 12.3. The molecule has 1 saturated carbocycles. The number of hydrogen-bond acceptors (Lipinski definition) is 2. The van der Waals surface area contributed by atoms with Crippen LogP contribution < -0.4 is 5.32 Å². The first-order valence-corrected chi connectivity index (χ1v) is 6.88. The van der Waals surface area contributed by atoms with E-state index in [0.717, 1.165) is 22.9 Å². The zero-order valence-electron chi connectivity index (χ0n) is 9.87. The van der Waals surface area contributed by atoms with Gasteiger partial charge in [-0.2, -0.15) is 0 Å². The van der Waals surface area contributed by atoms with E-state index in [9.17, 15) is 10.2 Å². The molecule has 1 aromatic heterocycles. The molecule has 0 saturated heterocycles. The molecule has 0 unspecified atom stereocenters. The Labute approximate surface area is 114 Å². The van der Waals surface area contributed by atoms with Crippen molar-refractivity contribution in [3.63, 3.8) is 0 Å². The van der Waals surface area contributed by atoms with Gasteiger partial charge in [0, 0.05) is 10.7 Å². The summed E-state index contributed by atoms with van der Waals surface area (Å²) < 4.78 is 0.928. The van der Waals surface area contributed by atoms with Crippen LogP contribution in [-0.2, 0) is 11.2 Å². The van der Waals surface area contributed by atoms with Crippen LogP contribution in [0.2, 0.25) is 0 Å². The quantitative estimate of drug-likeness (QED) is 0.801. The number of pyridine rings is 1. The normalized spacial score (nSPS) is 21.6. The van der Waals surface area contributed by atoms with Gasteiger partial charge in [-0.05, 0) is 46.8 Å². The van der Waals surface area contributed by atoms with E-state index in [1.165, 1.54) is 0 Å². The second-order valence-corrected chi connectivity index (χ2v) is 6.05. The van der Waals surface area contributed by atoms with Gasteiger partial charge in [0.1, 0.15) is 5.82 Å². The highest BCUT2D eigenvalue weighted by Gasteiger charge is 2.43. The molecule has 0 bridgehead atoms. The number of carbonyl (C=O) groups excluding carboxylic acids is 1. The number of hydrogen-bond donors (Lipinski definition) is 1. The van der Waals surface area contributed by atoms with Crippen molar-refractivity contribution >= 4 is 33.4 Å². The molecule has 0 radical (unpaired) electrons. The van der Waals surface area contributed by atoms with Crippen LogP contribution in [0.25, 0.3) is 5.41 Å². The van der Waals surface area contributed by atoms with Crippen LogP contribution in [0, 0.1) is 5.41 Å². The van der Waals surface area contributed by atoms with Crippen LogP contribution in [0.4, 0.5) is 5.82 Å². The summed E-state index contributed by atoms with van der Waals surface area (Å²) in [4.78, 5) is 16.5. The Kier molecular flexibility index (Phi) is 2.73. The average molecular weight is 307 g/mol. The second kappa shape index (κ2) is 4.16. The third-order valence-corrected chi connectivity index (χ3v) is 4.39. The summed E-state index contributed by atoms with van der Waals surface area (Å²) in [6.07, 6.45) is 5.10. The van der Waals surface area contributed by atoms with Crippen molar-refractivity contribution in [3.8, 4) is 0 Å². The summed E-state index contributed by atoms with van der Waals surface area (Å²) in [7, 11) is 0. The Morgan fingerprint density at radius 2 is 2.11 bits per heavy atom. The molecule has 0 aromatic carbocycles. The fourth-order valence-corrected chi connectivity index (χ4v) is 3.21. The first-order valence-electron chi connectivity index (χ1n) is 6.09. The molecule has 1 N–H and O–H groups in total. The van der Waals surface area contributed by atoms with Gasteiger partial charge >= 0.3 is 0 Å². The highest BCUT2D eigenvalue weighted by molar-refractivity contribution is 9.10. The molecule has 1 amide bonds. The van der Waals surface area contributed by atoms with Gasteiger partial charge in [0.2, 0.25) is 5.91 Å². The third-order valence-electron chi connectivity index (χ3n) is 3.96. The van der Waals surface area contributed by atoms with Crippen LogP contribution in [0.15, 0.2) is 16.7 Å². The summed E-state index contributed by atoms with van der Waals surface area (Å²) >= 11 is 3.41. The fraction of sp³-hybridized carbons (Fsp3) is 0.462. The topological polar surface area (TPSA) is 64.3 Å². The van der Waals surface area contributed by atoms with Crippen LogP contribution in [0.1, 0.15) is 31.2 Å². The lowest BCUT2D eigenvalue weighted by Crippen LogP contribution is -2.44. The molecule has 5 heteroatoms. The number of nitrogens with zero attached hydrogens (tertiary/aromatic N) is 2. The number of amides is 1. The van der Waals surface area contributed by atoms with E-state index in [2.05, 4.69) is 26.2 Å². The summed E-state index contributed by atoms with van der Waals surface area (Å²) in [5.74, 6) is 0.727. The SMILES string of the molecule is [N-]=C1CCC2(CC1)Cc1cc(Br)cnc1NC2=O.